The first-order valence-corrected chi connectivity index (χ1v) is 13.8. The van der Waals surface area contributed by atoms with Gasteiger partial charge in [0.2, 0.25) is 0 Å². The van der Waals surface area contributed by atoms with Gasteiger partial charge in [0.15, 0.2) is 0 Å². The van der Waals surface area contributed by atoms with Gasteiger partial charge in [-0.2, -0.15) is 18.3 Å². The summed E-state index contributed by atoms with van der Waals surface area (Å²) in [6, 6.07) is 10.8. The number of hydrogen-bond acceptors (Lipinski definition) is 6. The van der Waals surface area contributed by atoms with Crippen molar-refractivity contribution in [1.29, 1.82) is 0 Å². The van der Waals surface area contributed by atoms with Crippen LogP contribution in [0.15, 0.2) is 67.3 Å². The second-order valence-corrected chi connectivity index (χ2v) is 10.9. The SMILES string of the molecule is CC[C@H](Oc1cc(-c2cnc3cc(-c4cnn(CCN(C)C)c4)ccn23)sc1C(N)=O)c1ccccc1C(F)(F)F. The zero-order chi connectivity index (χ0) is 29.3. The lowest BCUT2D eigenvalue weighted by Crippen LogP contribution is -2.18. The van der Waals surface area contributed by atoms with Crippen molar-refractivity contribution >= 4 is 22.9 Å². The fourth-order valence-corrected chi connectivity index (χ4v) is 5.55. The van der Waals surface area contributed by atoms with Crippen LogP contribution in [0.4, 0.5) is 13.2 Å². The number of aromatic nitrogens is 4. The number of hydrogen-bond donors (Lipinski definition) is 1. The highest BCUT2D eigenvalue weighted by atomic mass is 32.1. The lowest BCUT2D eigenvalue weighted by molar-refractivity contribution is -0.139. The van der Waals surface area contributed by atoms with Crippen LogP contribution in [-0.2, 0) is 12.7 Å². The average molecular weight is 583 g/mol. The molecular formula is C29H29F3N6O2S. The maximum Gasteiger partial charge on any atom is 0.416 e. The molecule has 41 heavy (non-hydrogen) atoms. The summed E-state index contributed by atoms with van der Waals surface area (Å²) in [6.45, 7) is 3.37. The maximum atomic E-state index is 13.7. The Morgan fingerprint density at radius 2 is 1.93 bits per heavy atom. The number of carbonyl (C=O) groups is 1. The molecule has 12 heteroatoms. The number of imidazole rings is 1. The number of ether oxygens (including phenoxy) is 1. The quantitative estimate of drug-likeness (QED) is 0.214. The number of pyridine rings is 1. The first-order chi connectivity index (χ1) is 19.5. The Labute approximate surface area is 238 Å². The summed E-state index contributed by atoms with van der Waals surface area (Å²) in [5, 5.41) is 4.44. The fraction of sp³-hybridized carbons (Fsp3) is 0.276. The number of halogens is 3. The second kappa shape index (κ2) is 11.4. The third kappa shape index (κ3) is 5.98. The number of primary amides is 1. The standard InChI is InChI=1S/C29H29F3N6O2S/c1-4-23(20-7-5-6-8-21(20)29(30,31)32)40-24-14-25(41-27(24)28(33)39)22-16-34-26-13-18(9-10-38(22)26)19-15-35-37(17-19)12-11-36(2)3/h5-10,13-17,23H,4,11-12H2,1-3H3,(H2,33,39)/t23-/m0/s1. The third-order valence-corrected chi connectivity index (χ3v) is 7.84. The van der Waals surface area contributed by atoms with Crippen molar-refractivity contribution in [2.75, 3.05) is 20.6 Å². The highest BCUT2D eigenvalue weighted by Gasteiger charge is 2.35. The molecule has 0 saturated carbocycles. The molecule has 5 aromatic rings. The van der Waals surface area contributed by atoms with Crippen LogP contribution in [-0.4, -0.2) is 50.6 Å². The van der Waals surface area contributed by atoms with E-state index in [0.717, 1.165) is 41.6 Å². The summed E-state index contributed by atoms with van der Waals surface area (Å²) in [5.41, 5.74) is 8.16. The molecule has 4 heterocycles. The molecular weight excluding hydrogens is 553 g/mol. The van der Waals surface area contributed by atoms with Gasteiger partial charge in [0, 0.05) is 36.1 Å². The van der Waals surface area contributed by atoms with E-state index >= 15 is 0 Å². The Morgan fingerprint density at radius 3 is 2.63 bits per heavy atom. The number of fused-ring (bicyclic) bond motifs is 1. The lowest BCUT2D eigenvalue weighted by atomic mass is 10.00. The van der Waals surface area contributed by atoms with Gasteiger partial charge in [-0.05, 0) is 44.3 Å². The van der Waals surface area contributed by atoms with Crippen molar-refractivity contribution in [2.45, 2.75) is 32.2 Å². The van der Waals surface area contributed by atoms with Crippen LogP contribution in [0.5, 0.6) is 5.75 Å². The van der Waals surface area contributed by atoms with Crippen LogP contribution < -0.4 is 10.5 Å². The normalized spacial score (nSPS) is 12.8. The van der Waals surface area contributed by atoms with E-state index in [9.17, 15) is 18.0 Å². The molecule has 0 aliphatic heterocycles. The minimum Gasteiger partial charge on any atom is -0.484 e. The van der Waals surface area contributed by atoms with Crippen LogP contribution >= 0.6 is 11.3 Å². The van der Waals surface area contributed by atoms with Crippen molar-refractivity contribution in [1.82, 2.24) is 24.1 Å². The first-order valence-electron chi connectivity index (χ1n) is 13.0. The van der Waals surface area contributed by atoms with Crippen molar-refractivity contribution in [3.05, 3.63) is 83.3 Å². The number of carbonyl (C=O) groups excluding carboxylic acids is 1. The minimum absolute atomic E-state index is 0.00182. The molecule has 0 bridgehead atoms. The van der Waals surface area contributed by atoms with E-state index in [1.807, 2.05) is 53.9 Å². The van der Waals surface area contributed by atoms with Gasteiger partial charge in [-0.25, -0.2) is 4.98 Å². The molecule has 0 aliphatic carbocycles. The zero-order valence-electron chi connectivity index (χ0n) is 22.7. The van der Waals surface area contributed by atoms with Crippen LogP contribution in [0.25, 0.3) is 27.3 Å². The Morgan fingerprint density at radius 1 is 1.15 bits per heavy atom. The van der Waals surface area contributed by atoms with Gasteiger partial charge in [-0.15, -0.1) is 11.3 Å². The van der Waals surface area contributed by atoms with Crippen LogP contribution in [0, 0.1) is 0 Å². The van der Waals surface area contributed by atoms with E-state index in [2.05, 4.69) is 15.0 Å². The van der Waals surface area contributed by atoms with E-state index in [1.165, 1.54) is 18.2 Å². The molecule has 0 unspecified atom stereocenters. The molecule has 1 amide bonds. The first kappa shape index (κ1) is 28.4. The topological polar surface area (TPSA) is 90.7 Å². The van der Waals surface area contributed by atoms with Gasteiger partial charge < -0.3 is 15.4 Å². The minimum atomic E-state index is -4.54. The van der Waals surface area contributed by atoms with Gasteiger partial charge in [-0.1, -0.05) is 25.1 Å². The molecule has 1 atom stereocenters. The van der Waals surface area contributed by atoms with Crippen molar-refractivity contribution < 1.29 is 22.7 Å². The molecule has 4 aromatic heterocycles. The molecule has 0 fully saturated rings. The van der Waals surface area contributed by atoms with Gasteiger partial charge in [0.25, 0.3) is 5.91 Å². The molecule has 214 valence electrons. The summed E-state index contributed by atoms with van der Waals surface area (Å²) in [4.78, 5) is 19.7. The van der Waals surface area contributed by atoms with E-state index in [-0.39, 0.29) is 22.6 Å². The Bertz CT molecular complexity index is 1690. The smallest absolute Gasteiger partial charge is 0.416 e. The molecule has 1 aromatic carbocycles. The van der Waals surface area contributed by atoms with Crippen LogP contribution in [0.2, 0.25) is 0 Å². The molecule has 2 N–H and O–H groups in total. The summed E-state index contributed by atoms with van der Waals surface area (Å²) >= 11 is 1.11. The Hall–Kier alpha value is -4.16. The summed E-state index contributed by atoms with van der Waals surface area (Å²) in [5.74, 6) is -0.587. The van der Waals surface area contributed by atoms with Gasteiger partial charge >= 0.3 is 6.18 Å². The molecule has 0 saturated heterocycles. The molecule has 0 aliphatic rings. The number of benzene rings is 1. The third-order valence-electron chi connectivity index (χ3n) is 6.68. The summed E-state index contributed by atoms with van der Waals surface area (Å²) in [6.07, 6.45) is 2.13. The van der Waals surface area contributed by atoms with Crippen molar-refractivity contribution in [3.63, 3.8) is 0 Å². The van der Waals surface area contributed by atoms with Crippen LogP contribution in [0.1, 0.15) is 40.2 Å². The number of alkyl halides is 3. The number of rotatable bonds is 10. The molecule has 0 radical (unpaired) electrons. The van der Waals surface area contributed by atoms with Gasteiger partial charge in [-0.3, -0.25) is 13.9 Å². The monoisotopic (exact) mass is 582 g/mol. The largest absolute Gasteiger partial charge is 0.484 e. The predicted molar refractivity (Wildman–Crippen MR) is 152 cm³/mol. The number of thiophene rings is 1. The van der Waals surface area contributed by atoms with Crippen molar-refractivity contribution in [3.8, 4) is 27.4 Å². The number of amides is 1. The summed E-state index contributed by atoms with van der Waals surface area (Å²) in [7, 11) is 4.02. The highest BCUT2D eigenvalue weighted by Crippen LogP contribution is 2.41. The van der Waals surface area contributed by atoms with Crippen molar-refractivity contribution in [2.24, 2.45) is 5.73 Å². The van der Waals surface area contributed by atoms with Crippen LogP contribution in [0.3, 0.4) is 0 Å². The second-order valence-electron chi connectivity index (χ2n) is 9.85. The summed E-state index contributed by atoms with van der Waals surface area (Å²) < 4.78 is 50.9. The number of nitrogens with two attached hydrogens (primary N) is 1. The van der Waals surface area contributed by atoms with Gasteiger partial charge in [0.1, 0.15) is 22.4 Å². The molecule has 5 rings (SSSR count). The maximum absolute atomic E-state index is 13.7. The van der Waals surface area contributed by atoms with Gasteiger partial charge in [0.05, 0.1) is 35.1 Å². The van der Waals surface area contributed by atoms with E-state index in [1.54, 1.807) is 19.2 Å². The average Bonchev–Trinajstić information content (AvgIpc) is 3.68. The Balaban J connectivity index is 1.45. The lowest BCUT2D eigenvalue weighted by Gasteiger charge is -2.21. The Kier molecular flexibility index (Phi) is 7.87. The highest BCUT2D eigenvalue weighted by molar-refractivity contribution is 7.17. The van der Waals surface area contributed by atoms with E-state index in [4.69, 9.17) is 10.5 Å². The van der Waals surface area contributed by atoms with E-state index < -0.39 is 23.8 Å². The number of likely N-dealkylation sites (N-methyl/N-ethyl adjacent to an activating group) is 1. The molecule has 8 nitrogen and oxygen atoms in total. The predicted octanol–water partition coefficient (Wildman–Crippen LogP) is 6.14. The van der Waals surface area contributed by atoms with E-state index in [0.29, 0.717) is 16.2 Å². The zero-order valence-corrected chi connectivity index (χ0v) is 23.5. The fourth-order valence-electron chi connectivity index (χ4n) is 4.60. The number of nitrogens with zero attached hydrogens (tertiary/aromatic N) is 5. The molecule has 0 spiro atoms.